The summed E-state index contributed by atoms with van der Waals surface area (Å²) >= 11 is 0. The normalized spacial score (nSPS) is 17.7. The van der Waals surface area contributed by atoms with E-state index >= 15 is 0 Å². The Balaban J connectivity index is 1.61. The molecule has 0 aliphatic carbocycles. The SMILES string of the molecule is Cc1cc(-c2noc(-c3cc(C4CCNC4)[nH]n3)n2)ccc1F. The highest BCUT2D eigenvalue weighted by molar-refractivity contribution is 5.58. The molecule has 1 fully saturated rings. The average molecular weight is 313 g/mol. The van der Waals surface area contributed by atoms with E-state index in [0.717, 1.165) is 30.8 Å². The highest BCUT2D eigenvalue weighted by atomic mass is 19.1. The van der Waals surface area contributed by atoms with E-state index in [1.807, 2.05) is 6.07 Å². The fourth-order valence-corrected chi connectivity index (χ4v) is 2.80. The smallest absolute Gasteiger partial charge is 0.278 e. The molecule has 3 aromatic rings. The number of halogens is 1. The lowest BCUT2D eigenvalue weighted by Crippen LogP contribution is -2.08. The van der Waals surface area contributed by atoms with Crippen molar-refractivity contribution in [1.82, 2.24) is 25.7 Å². The lowest BCUT2D eigenvalue weighted by Gasteiger charge is -2.02. The Bertz CT molecular complexity index is 835. The fourth-order valence-electron chi connectivity index (χ4n) is 2.80. The number of H-pyrrole nitrogens is 1. The lowest BCUT2D eigenvalue weighted by molar-refractivity contribution is 0.431. The van der Waals surface area contributed by atoms with Crippen LogP contribution in [-0.4, -0.2) is 33.4 Å². The van der Waals surface area contributed by atoms with Crippen LogP contribution in [0.5, 0.6) is 0 Å². The number of aromatic nitrogens is 4. The van der Waals surface area contributed by atoms with Gasteiger partial charge in [0.1, 0.15) is 5.82 Å². The van der Waals surface area contributed by atoms with E-state index in [-0.39, 0.29) is 5.82 Å². The Labute approximate surface area is 132 Å². The van der Waals surface area contributed by atoms with Crippen LogP contribution in [0.1, 0.15) is 23.6 Å². The van der Waals surface area contributed by atoms with E-state index in [9.17, 15) is 4.39 Å². The summed E-state index contributed by atoms with van der Waals surface area (Å²) in [6, 6.07) is 6.69. The van der Waals surface area contributed by atoms with Gasteiger partial charge >= 0.3 is 0 Å². The van der Waals surface area contributed by atoms with Crippen molar-refractivity contribution in [1.29, 1.82) is 0 Å². The van der Waals surface area contributed by atoms with Gasteiger partial charge in [0.05, 0.1) is 0 Å². The second-order valence-electron chi connectivity index (χ2n) is 5.79. The van der Waals surface area contributed by atoms with Gasteiger partial charge in [0.25, 0.3) is 5.89 Å². The van der Waals surface area contributed by atoms with Gasteiger partial charge in [-0.15, -0.1) is 0 Å². The van der Waals surface area contributed by atoms with Crippen molar-refractivity contribution in [3.05, 3.63) is 41.3 Å². The molecule has 0 amide bonds. The summed E-state index contributed by atoms with van der Waals surface area (Å²) in [6.07, 6.45) is 1.09. The van der Waals surface area contributed by atoms with Crippen LogP contribution < -0.4 is 5.32 Å². The number of aromatic amines is 1. The van der Waals surface area contributed by atoms with Gasteiger partial charge in [-0.1, -0.05) is 5.16 Å². The van der Waals surface area contributed by atoms with E-state index < -0.39 is 0 Å². The standard InChI is InChI=1S/C16H16FN5O/c1-9-6-10(2-3-12(9)17)15-19-16(23-22-15)14-7-13(20-21-14)11-4-5-18-8-11/h2-3,6-7,11,18H,4-5,8H2,1H3,(H,20,21). The summed E-state index contributed by atoms with van der Waals surface area (Å²) in [5, 5.41) is 14.6. The third-order valence-electron chi connectivity index (χ3n) is 4.16. The summed E-state index contributed by atoms with van der Waals surface area (Å²) in [5.41, 5.74) is 2.96. The van der Waals surface area contributed by atoms with Crippen LogP contribution in [0.3, 0.4) is 0 Å². The molecule has 1 saturated heterocycles. The average Bonchev–Trinajstić information content (AvgIpc) is 3.30. The van der Waals surface area contributed by atoms with Crippen molar-refractivity contribution in [2.75, 3.05) is 13.1 Å². The zero-order valence-corrected chi connectivity index (χ0v) is 12.6. The molecule has 7 heteroatoms. The molecule has 23 heavy (non-hydrogen) atoms. The van der Waals surface area contributed by atoms with Gasteiger partial charge in [0, 0.05) is 23.7 Å². The highest BCUT2D eigenvalue weighted by Crippen LogP contribution is 2.26. The molecule has 118 valence electrons. The van der Waals surface area contributed by atoms with Gasteiger partial charge in [-0.2, -0.15) is 10.1 Å². The molecule has 3 heterocycles. The van der Waals surface area contributed by atoms with E-state index in [1.54, 1.807) is 19.1 Å². The zero-order chi connectivity index (χ0) is 15.8. The highest BCUT2D eigenvalue weighted by Gasteiger charge is 2.21. The number of hydrogen-bond donors (Lipinski definition) is 2. The number of nitrogens with one attached hydrogen (secondary N) is 2. The third kappa shape index (κ3) is 2.63. The van der Waals surface area contributed by atoms with E-state index in [0.29, 0.717) is 28.9 Å². The maximum absolute atomic E-state index is 13.4. The molecule has 1 aliphatic rings. The molecule has 0 spiro atoms. The van der Waals surface area contributed by atoms with Crippen molar-refractivity contribution in [3.63, 3.8) is 0 Å². The Morgan fingerprint density at radius 3 is 3.00 bits per heavy atom. The number of benzene rings is 1. The first kappa shape index (κ1) is 14.1. The summed E-state index contributed by atoms with van der Waals surface area (Å²) < 4.78 is 18.6. The Kier molecular flexibility index (Phi) is 3.42. The van der Waals surface area contributed by atoms with Gasteiger partial charge in [-0.3, -0.25) is 5.10 Å². The second kappa shape index (κ2) is 5.58. The Hall–Kier alpha value is -2.54. The predicted octanol–water partition coefficient (Wildman–Crippen LogP) is 2.65. The second-order valence-corrected chi connectivity index (χ2v) is 5.79. The van der Waals surface area contributed by atoms with Crippen molar-refractivity contribution >= 4 is 0 Å². The minimum absolute atomic E-state index is 0.250. The van der Waals surface area contributed by atoms with E-state index in [2.05, 4.69) is 25.7 Å². The van der Waals surface area contributed by atoms with Crippen molar-refractivity contribution in [3.8, 4) is 23.0 Å². The van der Waals surface area contributed by atoms with Crippen molar-refractivity contribution < 1.29 is 8.91 Å². The molecule has 2 aromatic heterocycles. The van der Waals surface area contributed by atoms with Gasteiger partial charge in [-0.25, -0.2) is 4.39 Å². The maximum Gasteiger partial charge on any atom is 0.278 e. The van der Waals surface area contributed by atoms with Crippen molar-refractivity contribution in [2.24, 2.45) is 0 Å². The molecule has 6 nitrogen and oxygen atoms in total. The number of aryl methyl sites for hydroxylation is 1. The van der Waals surface area contributed by atoms with Gasteiger partial charge in [0.2, 0.25) is 5.82 Å². The van der Waals surface area contributed by atoms with Crippen LogP contribution in [0.15, 0.2) is 28.8 Å². The summed E-state index contributed by atoms with van der Waals surface area (Å²) in [6.45, 7) is 3.68. The lowest BCUT2D eigenvalue weighted by atomic mass is 10.1. The predicted molar refractivity (Wildman–Crippen MR) is 82.2 cm³/mol. The molecule has 1 aliphatic heterocycles. The number of rotatable bonds is 3. The van der Waals surface area contributed by atoms with Gasteiger partial charge in [-0.05, 0) is 49.7 Å². The number of hydrogen-bond acceptors (Lipinski definition) is 5. The van der Waals surface area contributed by atoms with Gasteiger partial charge in [0.15, 0.2) is 5.69 Å². The molecule has 1 unspecified atom stereocenters. The molecule has 2 N–H and O–H groups in total. The minimum Gasteiger partial charge on any atom is -0.332 e. The first-order chi connectivity index (χ1) is 11.2. The zero-order valence-electron chi connectivity index (χ0n) is 12.6. The molecule has 0 saturated carbocycles. The van der Waals surface area contributed by atoms with Crippen LogP contribution >= 0.6 is 0 Å². The molecule has 0 radical (unpaired) electrons. The van der Waals surface area contributed by atoms with Crippen LogP contribution in [0.4, 0.5) is 4.39 Å². The monoisotopic (exact) mass is 313 g/mol. The molecular formula is C16H16FN5O. The molecule has 1 aromatic carbocycles. The molecule has 0 bridgehead atoms. The fraction of sp³-hybridized carbons (Fsp3) is 0.312. The minimum atomic E-state index is -0.250. The van der Waals surface area contributed by atoms with Crippen LogP contribution in [0, 0.1) is 12.7 Å². The largest absolute Gasteiger partial charge is 0.332 e. The molecular weight excluding hydrogens is 297 g/mol. The first-order valence-corrected chi connectivity index (χ1v) is 7.57. The summed E-state index contributed by atoms with van der Waals surface area (Å²) in [4.78, 5) is 4.36. The van der Waals surface area contributed by atoms with E-state index in [4.69, 9.17) is 4.52 Å². The van der Waals surface area contributed by atoms with Crippen LogP contribution in [0.25, 0.3) is 23.0 Å². The molecule has 4 rings (SSSR count). The van der Waals surface area contributed by atoms with Crippen LogP contribution in [0.2, 0.25) is 0 Å². The maximum atomic E-state index is 13.4. The Morgan fingerprint density at radius 1 is 1.30 bits per heavy atom. The first-order valence-electron chi connectivity index (χ1n) is 7.57. The molecule has 1 atom stereocenters. The number of nitrogens with zero attached hydrogens (tertiary/aromatic N) is 3. The van der Waals surface area contributed by atoms with E-state index in [1.165, 1.54) is 6.07 Å². The topological polar surface area (TPSA) is 79.6 Å². The quantitative estimate of drug-likeness (QED) is 0.777. The van der Waals surface area contributed by atoms with Crippen molar-refractivity contribution in [2.45, 2.75) is 19.3 Å². The van der Waals surface area contributed by atoms with Crippen LogP contribution in [-0.2, 0) is 0 Å². The Morgan fingerprint density at radius 2 is 2.22 bits per heavy atom. The third-order valence-corrected chi connectivity index (χ3v) is 4.16. The summed E-state index contributed by atoms with van der Waals surface area (Å²) in [5.74, 6) is 0.976. The van der Waals surface area contributed by atoms with Gasteiger partial charge < -0.3 is 9.84 Å². The summed E-state index contributed by atoms with van der Waals surface area (Å²) in [7, 11) is 0.